The molecule has 0 aliphatic carbocycles. The van der Waals surface area contributed by atoms with Gasteiger partial charge in [-0.1, -0.05) is 0 Å². The molecule has 0 spiro atoms. The van der Waals surface area contributed by atoms with Crippen molar-refractivity contribution in [2.24, 2.45) is 11.5 Å². The number of nitrogens with one attached hydrogen (secondary N) is 2. The van der Waals surface area contributed by atoms with E-state index in [2.05, 4.69) is 10.6 Å². The average molecular weight is 230 g/mol. The Bertz CT molecular complexity index is 205. The van der Waals surface area contributed by atoms with Gasteiger partial charge in [0.05, 0.1) is 12.1 Å². The molecule has 6 heteroatoms. The Hall–Kier alpha value is -1.14. The zero-order chi connectivity index (χ0) is 12.6. The molecule has 0 aliphatic heterocycles. The Morgan fingerprint density at radius 1 is 0.938 bits per heavy atom. The van der Waals surface area contributed by atoms with Crippen molar-refractivity contribution in [2.45, 2.75) is 38.8 Å². The largest absolute Gasteiger partial charge is 0.355 e. The normalized spacial score (nSPS) is 14.0. The van der Waals surface area contributed by atoms with Crippen LogP contribution in [0, 0.1) is 0 Å². The first-order valence-electron chi connectivity index (χ1n) is 5.51. The molecule has 2 atom stereocenters. The van der Waals surface area contributed by atoms with Crippen LogP contribution in [-0.2, 0) is 9.59 Å². The highest BCUT2D eigenvalue weighted by molar-refractivity contribution is 5.81. The van der Waals surface area contributed by atoms with Gasteiger partial charge in [0, 0.05) is 13.1 Å². The van der Waals surface area contributed by atoms with Crippen LogP contribution in [0.15, 0.2) is 0 Å². The Kier molecular flexibility index (Phi) is 7.49. The molecule has 0 rings (SSSR count). The number of carbonyl (C=O) groups excluding carboxylic acids is 2. The first-order valence-corrected chi connectivity index (χ1v) is 5.51. The van der Waals surface area contributed by atoms with E-state index in [0.717, 1.165) is 12.8 Å². The molecular weight excluding hydrogens is 208 g/mol. The molecule has 0 aromatic heterocycles. The Morgan fingerprint density at radius 2 is 1.25 bits per heavy atom. The van der Waals surface area contributed by atoms with E-state index in [1.807, 2.05) is 0 Å². The van der Waals surface area contributed by atoms with E-state index in [1.54, 1.807) is 13.8 Å². The maximum atomic E-state index is 11.1. The van der Waals surface area contributed by atoms with Gasteiger partial charge in [-0.2, -0.15) is 0 Å². The molecule has 0 saturated carbocycles. The number of carbonyl (C=O) groups is 2. The van der Waals surface area contributed by atoms with Gasteiger partial charge in [0.15, 0.2) is 0 Å². The van der Waals surface area contributed by atoms with Gasteiger partial charge >= 0.3 is 0 Å². The minimum absolute atomic E-state index is 0.153. The van der Waals surface area contributed by atoms with Crippen molar-refractivity contribution in [3.05, 3.63) is 0 Å². The standard InChI is InChI=1S/C10H22N4O2/c1-7(11)9(15)13-5-3-4-6-14-10(16)8(2)12/h7-8H,3-6,11-12H2,1-2H3,(H,13,15)(H,14,16)/t7-,8-/m0/s1. The summed E-state index contributed by atoms with van der Waals surface area (Å²) in [7, 11) is 0. The number of hydrogen-bond acceptors (Lipinski definition) is 4. The summed E-state index contributed by atoms with van der Waals surface area (Å²) in [5.74, 6) is -0.306. The van der Waals surface area contributed by atoms with Crippen molar-refractivity contribution in [1.29, 1.82) is 0 Å². The van der Waals surface area contributed by atoms with Crippen LogP contribution in [0.3, 0.4) is 0 Å². The third-order valence-corrected chi connectivity index (χ3v) is 2.03. The van der Waals surface area contributed by atoms with Crippen molar-refractivity contribution < 1.29 is 9.59 Å². The summed E-state index contributed by atoms with van der Waals surface area (Å²) in [6.07, 6.45) is 1.61. The van der Waals surface area contributed by atoms with Crippen molar-refractivity contribution in [1.82, 2.24) is 10.6 Å². The second kappa shape index (κ2) is 8.06. The summed E-state index contributed by atoms with van der Waals surface area (Å²) in [5.41, 5.74) is 10.7. The molecular formula is C10H22N4O2. The van der Waals surface area contributed by atoms with E-state index in [0.29, 0.717) is 13.1 Å². The van der Waals surface area contributed by atoms with Crippen LogP contribution in [0.25, 0.3) is 0 Å². The lowest BCUT2D eigenvalue weighted by atomic mass is 10.2. The highest BCUT2D eigenvalue weighted by Gasteiger charge is 2.06. The third-order valence-electron chi connectivity index (χ3n) is 2.03. The fraction of sp³-hybridized carbons (Fsp3) is 0.800. The van der Waals surface area contributed by atoms with Gasteiger partial charge in [-0.25, -0.2) is 0 Å². The topological polar surface area (TPSA) is 110 Å². The zero-order valence-electron chi connectivity index (χ0n) is 9.95. The first-order chi connectivity index (χ1) is 7.45. The fourth-order valence-electron chi connectivity index (χ4n) is 0.995. The molecule has 0 aromatic rings. The van der Waals surface area contributed by atoms with Crippen molar-refractivity contribution >= 4 is 11.8 Å². The lowest BCUT2D eigenvalue weighted by Crippen LogP contribution is -2.40. The van der Waals surface area contributed by atoms with E-state index < -0.39 is 12.1 Å². The molecule has 0 fully saturated rings. The van der Waals surface area contributed by atoms with E-state index in [1.165, 1.54) is 0 Å². The van der Waals surface area contributed by atoms with Gasteiger partial charge in [-0.15, -0.1) is 0 Å². The van der Waals surface area contributed by atoms with Gasteiger partial charge in [-0.3, -0.25) is 9.59 Å². The summed E-state index contributed by atoms with van der Waals surface area (Å²) in [4.78, 5) is 22.1. The van der Waals surface area contributed by atoms with Gasteiger partial charge in [0.1, 0.15) is 0 Å². The Morgan fingerprint density at radius 3 is 1.50 bits per heavy atom. The van der Waals surface area contributed by atoms with E-state index in [-0.39, 0.29) is 11.8 Å². The lowest BCUT2D eigenvalue weighted by Gasteiger charge is -2.09. The van der Waals surface area contributed by atoms with Crippen molar-refractivity contribution in [3.63, 3.8) is 0 Å². The number of hydrogen-bond donors (Lipinski definition) is 4. The van der Waals surface area contributed by atoms with Crippen LogP contribution in [0.4, 0.5) is 0 Å². The molecule has 0 heterocycles. The lowest BCUT2D eigenvalue weighted by molar-refractivity contribution is -0.122. The molecule has 6 N–H and O–H groups in total. The second-order valence-electron chi connectivity index (χ2n) is 3.87. The summed E-state index contributed by atoms with van der Waals surface area (Å²) < 4.78 is 0. The second-order valence-corrected chi connectivity index (χ2v) is 3.87. The number of amides is 2. The van der Waals surface area contributed by atoms with E-state index in [4.69, 9.17) is 11.5 Å². The highest BCUT2D eigenvalue weighted by atomic mass is 16.2. The van der Waals surface area contributed by atoms with Crippen LogP contribution in [0.1, 0.15) is 26.7 Å². The monoisotopic (exact) mass is 230 g/mol. The summed E-state index contributed by atoms with van der Waals surface area (Å²) in [5, 5.41) is 5.38. The van der Waals surface area contributed by atoms with Crippen LogP contribution in [0.5, 0.6) is 0 Å². The molecule has 6 nitrogen and oxygen atoms in total. The van der Waals surface area contributed by atoms with Gasteiger partial charge < -0.3 is 22.1 Å². The summed E-state index contributed by atoms with van der Waals surface area (Å²) >= 11 is 0. The van der Waals surface area contributed by atoms with Gasteiger partial charge in [0.25, 0.3) is 0 Å². The summed E-state index contributed by atoms with van der Waals surface area (Å²) in [6, 6.07) is -0.949. The predicted octanol–water partition coefficient (Wildman–Crippen LogP) is -1.31. The Balaban J connectivity index is 3.35. The predicted molar refractivity (Wildman–Crippen MR) is 62.6 cm³/mol. The molecule has 0 saturated heterocycles. The van der Waals surface area contributed by atoms with Crippen molar-refractivity contribution in [2.75, 3.05) is 13.1 Å². The number of nitrogens with two attached hydrogens (primary N) is 2. The molecule has 16 heavy (non-hydrogen) atoms. The molecule has 0 aliphatic rings. The third kappa shape index (κ3) is 7.19. The van der Waals surface area contributed by atoms with Gasteiger partial charge in [-0.05, 0) is 26.7 Å². The van der Waals surface area contributed by atoms with E-state index >= 15 is 0 Å². The highest BCUT2D eigenvalue weighted by Crippen LogP contribution is 1.86. The maximum Gasteiger partial charge on any atom is 0.236 e. The van der Waals surface area contributed by atoms with Crippen LogP contribution >= 0.6 is 0 Å². The van der Waals surface area contributed by atoms with Crippen LogP contribution < -0.4 is 22.1 Å². The minimum atomic E-state index is -0.474. The molecule has 0 radical (unpaired) electrons. The molecule has 94 valence electrons. The number of rotatable bonds is 7. The van der Waals surface area contributed by atoms with Crippen LogP contribution in [-0.4, -0.2) is 37.0 Å². The average Bonchev–Trinajstić information content (AvgIpc) is 2.21. The smallest absolute Gasteiger partial charge is 0.236 e. The molecule has 0 aromatic carbocycles. The Labute approximate surface area is 96.1 Å². The maximum absolute atomic E-state index is 11.1. The summed E-state index contributed by atoms with van der Waals surface area (Å²) in [6.45, 7) is 4.43. The number of unbranched alkanes of at least 4 members (excludes halogenated alkanes) is 1. The van der Waals surface area contributed by atoms with Crippen molar-refractivity contribution in [3.8, 4) is 0 Å². The zero-order valence-corrected chi connectivity index (χ0v) is 9.95. The SMILES string of the molecule is C[C@H](N)C(=O)NCCCCNC(=O)[C@H](C)N. The van der Waals surface area contributed by atoms with Crippen LogP contribution in [0.2, 0.25) is 0 Å². The van der Waals surface area contributed by atoms with Gasteiger partial charge in [0.2, 0.25) is 11.8 Å². The molecule has 0 bridgehead atoms. The molecule has 2 amide bonds. The quantitative estimate of drug-likeness (QED) is 0.407. The minimum Gasteiger partial charge on any atom is -0.355 e. The molecule has 0 unspecified atom stereocenters. The fourth-order valence-corrected chi connectivity index (χ4v) is 0.995. The first kappa shape index (κ1) is 14.9. The van der Waals surface area contributed by atoms with E-state index in [9.17, 15) is 9.59 Å².